The Morgan fingerprint density at radius 2 is 1.86 bits per heavy atom. The molecule has 0 aliphatic rings. The van der Waals surface area contributed by atoms with E-state index in [1.807, 2.05) is 53.1 Å². The minimum atomic E-state index is -0.528. The molecule has 3 rings (SSSR count). The Balaban J connectivity index is 1.84. The number of nitrogens with one attached hydrogen (secondary N) is 1. The first kappa shape index (κ1) is 19.2. The van der Waals surface area contributed by atoms with Crippen molar-refractivity contribution in [3.8, 4) is 0 Å². The van der Waals surface area contributed by atoms with Gasteiger partial charge in [-0.25, -0.2) is 9.78 Å². The van der Waals surface area contributed by atoms with Gasteiger partial charge >= 0.3 is 6.09 Å². The van der Waals surface area contributed by atoms with Crippen molar-refractivity contribution in [3.05, 3.63) is 83.4 Å². The molecule has 3 aromatic rings. The molecule has 0 radical (unpaired) electrons. The number of primary amides is 1. The number of amides is 2. The average molecular weight is 378 g/mol. The summed E-state index contributed by atoms with van der Waals surface area (Å²) in [5.41, 5.74) is 9.77. The molecule has 0 saturated carbocycles. The molecule has 7 nitrogen and oxygen atoms in total. The molecule has 7 heteroatoms. The lowest BCUT2D eigenvalue weighted by molar-refractivity contribution is -0.117. The second-order valence-corrected chi connectivity index (χ2v) is 6.39. The number of anilines is 1. The van der Waals surface area contributed by atoms with Crippen molar-refractivity contribution in [2.75, 3.05) is 12.4 Å². The monoisotopic (exact) mass is 378 g/mol. The largest absolute Gasteiger partial charge is 0.453 e. The molecule has 0 saturated heterocycles. The molecular formula is C21H22N4O3. The fourth-order valence-electron chi connectivity index (χ4n) is 3.00. The number of benzene rings is 2. The number of ether oxygens (including phenoxy) is 1. The second-order valence-electron chi connectivity index (χ2n) is 6.39. The molecule has 0 spiro atoms. The Bertz CT molecular complexity index is 967. The van der Waals surface area contributed by atoms with Crippen LogP contribution in [0.1, 0.15) is 22.5 Å². The number of hydrogen-bond acceptors (Lipinski definition) is 4. The van der Waals surface area contributed by atoms with Crippen molar-refractivity contribution in [1.82, 2.24) is 9.55 Å². The van der Waals surface area contributed by atoms with Gasteiger partial charge in [-0.15, -0.1) is 0 Å². The van der Waals surface area contributed by atoms with Gasteiger partial charge in [0.15, 0.2) is 0 Å². The van der Waals surface area contributed by atoms with Crippen LogP contribution in [-0.4, -0.2) is 28.7 Å². The van der Waals surface area contributed by atoms with Crippen molar-refractivity contribution in [3.63, 3.8) is 0 Å². The standard InChI is InChI=1S/C21H22N4O3/c1-28-21(27)24-17-9-5-8-16(10-17)13-25-14-23-18(19(25)12-20(22)26)11-15-6-3-2-4-7-15/h2-10,14H,11-13H2,1H3,(H2,22,26)(H,24,27). The van der Waals surface area contributed by atoms with Crippen molar-refractivity contribution in [2.24, 2.45) is 5.73 Å². The van der Waals surface area contributed by atoms with Gasteiger partial charge in [-0.3, -0.25) is 10.1 Å². The first-order valence-electron chi connectivity index (χ1n) is 8.84. The maximum atomic E-state index is 11.6. The van der Waals surface area contributed by atoms with E-state index in [9.17, 15) is 9.59 Å². The SMILES string of the molecule is COC(=O)Nc1cccc(Cn2cnc(Cc3ccccc3)c2CC(N)=O)c1. The van der Waals surface area contributed by atoms with Crippen LogP contribution in [-0.2, 0) is 28.9 Å². The van der Waals surface area contributed by atoms with Crippen LogP contribution in [0.3, 0.4) is 0 Å². The molecular weight excluding hydrogens is 356 g/mol. The van der Waals surface area contributed by atoms with E-state index in [2.05, 4.69) is 15.0 Å². The van der Waals surface area contributed by atoms with Crippen molar-refractivity contribution in [2.45, 2.75) is 19.4 Å². The van der Waals surface area contributed by atoms with Crippen LogP contribution in [0.2, 0.25) is 0 Å². The Morgan fingerprint density at radius 3 is 2.57 bits per heavy atom. The number of imidazole rings is 1. The van der Waals surface area contributed by atoms with Crippen LogP contribution < -0.4 is 11.1 Å². The molecule has 0 atom stereocenters. The molecule has 0 fully saturated rings. The smallest absolute Gasteiger partial charge is 0.411 e. The van der Waals surface area contributed by atoms with Crippen molar-refractivity contribution in [1.29, 1.82) is 0 Å². The first-order valence-corrected chi connectivity index (χ1v) is 8.84. The number of aromatic nitrogens is 2. The van der Waals surface area contributed by atoms with E-state index in [0.29, 0.717) is 18.7 Å². The third-order valence-electron chi connectivity index (χ3n) is 4.30. The Kier molecular flexibility index (Phi) is 6.06. The zero-order chi connectivity index (χ0) is 19.9. The summed E-state index contributed by atoms with van der Waals surface area (Å²) in [4.78, 5) is 27.5. The summed E-state index contributed by atoms with van der Waals surface area (Å²) in [7, 11) is 1.31. The van der Waals surface area contributed by atoms with E-state index in [1.165, 1.54) is 7.11 Å². The van der Waals surface area contributed by atoms with E-state index < -0.39 is 12.0 Å². The van der Waals surface area contributed by atoms with Crippen LogP contribution >= 0.6 is 0 Å². The summed E-state index contributed by atoms with van der Waals surface area (Å²) < 4.78 is 6.54. The molecule has 28 heavy (non-hydrogen) atoms. The first-order chi connectivity index (χ1) is 13.5. The highest BCUT2D eigenvalue weighted by molar-refractivity contribution is 5.84. The van der Waals surface area contributed by atoms with Crippen LogP contribution in [0.25, 0.3) is 0 Å². The van der Waals surface area contributed by atoms with Gasteiger partial charge in [0.25, 0.3) is 0 Å². The van der Waals surface area contributed by atoms with Gasteiger partial charge < -0.3 is 15.0 Å². The maximum absolute atomic E-state index is 11.6. The van der Waals surface area contributed by atoms with Crippen LogP contribution in [0.15, 0.2) is 60.9 Å². The molecule has 3 N–H and O–H groups in total. The lowest BCUT2D eigenvalue weighted by Crippen LogP contribution is -2.18. The normalized spacial score (nSPS) is 10.5. The highest BCUT2D eigenvalue weighted by Gasteiger charge is 2.14. The van der Waals surface area contributed by atoms with E-state index in [0.717, 1.165) is 22.5 Å². The number of methoxy groups -OCH3 is 1. The Labute approximate surface area is 163 Å². The van der Waals surface area contributed by atoms with Gasteiger partial charge in [0.2, 0.25) is 5.91 Å². The van der Waals surface area contributed by atoms with Gasteiger partial charge in [-0.2, -0.15) is 0 Å². The second kappa shape index (κ2) is 8.85. The number of nitrogens with two attached hydrogens (primary N) is 1. The third-order valence-corrected chi connectivity index (χ3v) is 4.30. The van der Waals surface area contributed by atoms with Crippen LogP contribution in [0.4, 0.5) is 10.5 Å². The predicted molar refractivity (Wildman–Crippen MR) is 106 cm³/mol. The third kappa shape index (κ3) is 4.97. The van der Waals surface area contributed by atoms with Gasteiger partial charge in [-0.1, -0.05) is 42.5 Å². The topological polar surface area (TPSA) is 99.2 Å². The lowest BCUT2D eigenvalue weighted by Gasteiger charge is -2.11. The Hall–Kier alpha value is -3.61. The molecule has 2 amide bonds. The molecule has 1 heterocycles. The lowest BCUT2D eigenvalue weighted by atomic mass is 10.1. The average Bonchev–Trinajstić information content (AvgIpc) is 3.03. The number of carbonyl (C=O) groups excluding carboxylic acids is 2. The van der Waals surface area contributed by atoms with E-state index in [-0.39, 0.29) is 6.42 Å². The zero-order valence-corrected chi connectivity index (χ0v) is 15.6. The molecule has 2 aromatic carbocycles. The van der Waals surface area contributed by atoms with Crippen LogP contribution in [0.5, 0.6) is 0 Å². The molecule has 0 unspecified atom stereocenters. The van der Waals surface area contributed by atoms with Crippen LogP contribution in [0, 0.1) is 0 Å². The molecule has 144 valence electrons. The molecule has 0 bridgehead atoms. The summed E-state index contributed by atoms with van der Waals surface area (Å²) in [6.45, 7) is 0.501. The summed E-state index contributed by atoms with van der Waals surface area (Å²) in [5.74, 6) is -0.405. The molecule has 0 aliphatic carbocycles. The van der Waals surface area contributed by atoms with Gasteiger partial charge in [-0.05, 0) is 23.3 Å². The van der Waals surface area contributed by atoms with Gasteiger partial charge in [0, 0.05) is 18.7 Å². The van der Waals surface area contributed by atoms with E-state index >= 15 is 0 Å². The molecule has 1 aromatic heterocycles. The molecule has 0 aliphatic heterocycles. The van der Waals surface area contributed by atoms with Gasteiger partial charge in [0.1, 0.15) is 0 Å². The van der Waals surface area contributed by atoms with E-state index in [1.54, 1.807) is 12.4 Å². The summed E-state index contributed by atoms with van der Waals surface area (Å²) in [6, 6.07) is 17.4. The summed E-state index contributed by atoms with van der Waals surface area (Å²) in [5, 5.41) is 2.64. The van der Waals surface area contributed by atoms with Gasteiger partial charge in [0.05, 0.1) is 31.2 Å². The minimum absolute atomic E-state index is 0.113. The predicted octanol–water partition coefficient (Wildman–Crippen LogP) is 2.73. The number of nitrogens with zero attached hydrogens (tertiary/aromatic N) is 2. The quantitative estimate of drug-likeness (QED) is 0.660. The summed E-state index contributed by atoms with van der Waals surface area (Å²) in [6.07, 6.45) is 1.93. The number of carbonyl (C=O) groups is 2. The van der Waals surface area contributed by atoms with Crippen molar-refractivity contribution >= 4 is 17.7 Å². The summed E-state index contributed by atoms with van der Waals surface area (Å²) >= 11 is 0. The fraction of sp³-hybridized carbons (Fsp3) is 0.190. The Morgan fingerprint density at radius 1 is 1.11 bits per heavy atom. The van der Waals surface area contributed by atoms with Crippen molar-refractivity contribution < 1.29 is 14.3 Å². The zero-order valence-electron chi connectivity index (χ0n) is 15.6. The number of rotatable bonds is 7. The maximum Gasteiger partial charge on any atom is 0.411 e. The highest BCUT2D eigenvalue weighted by Crippen LogP contribution is 2.18. The minimum Gasteiger partial charge on any atom is -0.453 e. The highest BCUT2D eigenvalue weighted by atomic mass is 16.5. The van der Waals surface area contributed by atoms with E-state index in [4.69, 9.17) is 5.73 Å². The number of hydrogen-bond donors (Lipinski definition) is 2. The fourth-order valence-corrected chi connectivity index (χ4v) is 3.00.